The van der Waals surface area contributed by atoms with Gasteiger partial charge in [-0.05, 0) is 20.3 Å². The van der Waals surface area contributed by atoms with Gasteiger partial charge in [0.05, 0.1) is 0 Å². The van der Waals surface area contributed by atoms with Crippen LogP contribution in [-0.4, -0.2) is 53.6 Å². The number of nitrogens with one attached hydrogen (secondary N) is 2. The highest BCUT2D eigenvalue weighted by Gasteiger charge is 2.18. The second kappa shape index (κ2) is 10.1. The van der Waals surface area contributed by atoms with Gasteiger partial charge in [-0.3, -0.25) is 4.79 Å². The molecule has 0 aliphatic carbocycles. The molecule has 1 atom stereocenters. The Morgan fingerprint density at radius 1 is 1.15 bits per heavy atom. The summed E-state index contributed by atoms with van der Waals surface area (Å²) in [5.74, 6) is -1.08. The lowest BCUT2D eigenvalue weighted by molar-refractivity contribution is -0.139. The fourth-order valence-corrected chi connectivity index (χ4v) is 1.77. The summed E-state index contributed by atoms with van der Waals surface area (Å²) in [6.45, 7) is 7.10. The van der Waals surface area contributed by atoms with Crippen LogP contribution >= 0.6 is 0 Å². The van der Waals surface area contributed by atoms with Crippen molar-refractivity contribution in [2.24, 2.45) is 0 Å². The molecule has 0 aromatic carbocycles. The molecule has 7 heteroatoms. The van der Waals surface area contributed by atoms with Crippen LogP contribution in [0.15, 0.2) is 0 Å². The minimum atomic E-state index is -1.05. The van der Waals surface area contributed by atoms with E-state index in [1.54, 1.807) is 4.90 Å². The van der Waals surface area contributed by atoms with Crippen molar-refractivity contribution in [3.63, 3.8) is 0 Å². The van der Waals surface area contributed by atoms with E-state index in [4.69, 9.17) is 5.11 Å². The second-order valence-corrected chi connectivity index (χ2v) is 4.40. The van der Waals surface area contributed by atoms with E-state index in [-0.39, 0.29) is 18.9 Å². The molecule has 0 aromatic heterocycles. The Bertz CT molecular complexity index is 330. The van der Waals surface area contributed by atoms with Crippen molar-refractivity contribution in [3.05, 3.63) is 0 Å². The quantitative estimate of drug-likeness (QED) is 0.584. The van der Waals surface area contributed by atoms with Crippen molar-refractivity contribution in [2.45, 2.75) is 46.1 Å². The number of amides is 3. The van der Waals surface area contributed by atoms with Gasteiger partial charge in [-0.15, -0.1) is 0 Å². The van der Waals surface area contributed by atoms with Crippen LogP contribution in [0, 0.1) is 0 Å². The summed E-state index contributed by atoms with van der Waals surface area (Å²) in [7, 11) is 0. The summed E-state index contributed by atoms with van der Waals surface area (Å²) in [6, 6.07) is -1.45. The van der Waals surface area contributed by atoms with Gasteiger partial charge in [0.15, 0.2) is 0 Å². The predicted octanol–water partition coefficient (Wildman–Crippen LogP) is 0.797. The Morgan fingerprint density at radius 2 is 1.75 bits per heavy atom. The Labute approximate surface area is 119 Å². The van der Waals surface area contributed by atoms with Crippen molar-refractivity contribution >= 4 is 17.9 Å². The first-order chi connectivity index (χ1) is 9.46. The van der Waals surface area contributed by atoms with Crippen LogP contribution in [0.1, 0.15) is 40.0 Å². The van der Waals surface area contributed by atoms with Crippen LogP contribution in [-0.2, 0) is 9.59 Å². The smallest absolute Gasteiger partial charge is 0.326 e. The summed E-state index contributed by atoms with van der Waals surface area (Å²) in [5.41, 5.74) is 0. The lowest BCUT2D eigenvalue weighted by Gasteiger charge is -2.19. The van der Waals surface area contributed by atoms with Gasteiger partial charge in [-0.25, -0.2) is 9.59 Å². The molecule has 0 rings (SSSR count). The number of nitrogens with zero attached hydrogens (tertiary/aromatic N) is 1. The van der Waals surface area contributed by atoms with E-state index >= 15 is 0 Å². The van der Waals surface area contributed by atoms with Gasteiger partial charge in [0, 0.05) is 26.1 Å². The van der Waals surface area contributed by atoms with E-state index in [1.807, 2.05) is 20.8 Å². The van der Waals surface area contributed by atoms with E-state index in [9.17, 15) is 14.4 Å². The van der Waals surface area contributed by atoms with Crippen LogP contribution in [0.2, 0.25) is 0 Å². The average Bonchev–Trinajstić information content (AvgIpc) is 2.39. The number of urea groups is 1. The highest BCUT2D eigenvalue weighted by Crippen LogP contribution is 1.97. The Hall–Kier alpha value is -1.79. The largest absolute Gasteiger partial charge is 0.480 e. The van der Waals surface area contributed by atoms with Crippen LogP contribution in [0.25, 0.3) is 0 Å². The van der Waals surface area contributed by atoms with Gasteiger partial charge in [-0.2, -0.15) is 0 Å². The minimum absolute atomic E-state index is 0.0290. The lowest BCUT2D eigenvalue weighted by Crippen LogP contribution is -2.46. The third-order valence-electron chi connectivity index (χ3n) is 2.92. The molecule has 20 heavy (non-hydrogen) atoms. The summed E-state index contributed by atoms with van der Waals surface area (Å²) >= 11 is 0. The number of carbonyl (C=O) groups is 3. The van der Waals surface area contributed by atoms with Crippen molar-refractivity contribution in [2.75, 3.05) is 19.6 Å². The van der Waals surface area contributed by atoms with Crippen molar-refractivity contribution in [3.8, 4) is 0 Å². The molecule has 0 aromatic rings. The van der Waals surface area contributed by atoms with Gasteiger partial charge < -0.3 is 20.6 Å². The fourth-order valence-electron chi connectivity index (χ4n) is 1.77. The zero-order chi connectivity index (χ0) is 15.5. The maximum absolute atomic E-state index is 11.7. The Kier molecular flexibility index (Phi) is 9.15. The summed E-state index contributed by atoms with van der Waals surface area (Å²) in [6.07, 6.45) is 1.25. The average molecular weight is 287 g/mol. The zero-order valence-corrected chi connectivity index (χ0v) is 12.4. The number of rotatable bonds is 9. The van der Waals surface area contributed by atoms with Crippen molar-refractivity contribution < 1.29 is 19.5 Å². The molecule has 0 spiro atoms. The molecular formula is C13H25N3O4. The van der Waals surface area contributed by atoms with Crippen LogP contribution in [0.3, 0.4) is 0 Å². The van der Waals surface area contributed by atoms with Crippen molar-refractivity contribution in [1.29, 1.82) is 0 Å². The maximum Gasteiger partial charge on any atom is 0.326 e. The number of carboxylic acid groups (broad SMARTS) is 1. The molecule has 7 nitrogen and oxygen atoms in total. The molecule has 3 N–H and O–H groups in total. The van der Waals surface area contributed by atoms with E-state index in [1.165, 1.54) is 0 Å². The fraction of sp³-hybridized carbons (Fsp3) is 0.769. The number of hydrogen-bond acceptors (Lipinski definition) is 3. The summed E-state index contributed by atoms with van der Waals surface area (Å²) in [5, 5.41) is 13.8. The SMILES string of the molecule is CCC[C@@H](NC(=O)NCCC(=O)N(CC)CC)C(=O)O. The molecule has 0 radical (unpaired) electrons. The van der Waals surface area contributed by atoms with Gasteiger partial charge in [0.2, 0.25) is 5.91 Å². The number of hydrogen-bond donors (Lipinski definition) is 3. The van der Waals surface area contributed by atoms with Gasteiger partial charge in [-0.1, -0.05) is 13.3 Å². The molecular weight excluding hydrogens is 262 g/mol. The van der Waals surface area contributed by atoms with Crippen LogP contribution in [0.4, 0.5) is 4.79 Å². The molecule has 0 unspecified atom stereocenters. The lowest BCUT2D eigenvalue weighted by atomic mass is 10.2. The molecule has 3 amide bonds. The monoisotopic (exact) mass is 287 g/mol. The summed E-state index contributed by atoms with van der Waals surface area (Å²) in [4.78, 5) is 35.7. The first-order valence-electron chi connectivity index (χ1n) is 7.01. The first kappa shape index (κ1) is 18.2. The van der Waals surface area contributed by atoms with Gasteiger partial charge in [0.25, 0.3) is 0 Å². The minimum Gasteiger partial charge on any atom is -0.480 e. The second-order valence-electron chi connectivity index (χ2n) is 4.40. The molecule has 0 bridgehead atoms. The van der Waals surface area contributed by atoms with E-state index < -0.39 is 18.0 Å². The number of carbonyl (C=O) groups excluding carboxylic acids is 2. The third kappa shape index (κ3) is 6.96. The van der Waals surface area contributed by atoms with Crippen LogP contribution < -0.4 is 10.6 Å². The zero-order valence-electron chi connectivity index (χ0n) is 12.4. The standard InChI is InChI=1S/C13H25N3O4/c1-4-7-10(12(18)19)15-13(20)14-9-8-11(17)16(5-2)6-3/h10H,4-9H2,1-3H3,(H,18,19)(H2,14,15,20)/t10-/m1/s1. The Balaban J connectivity index is 4.04. The van der Waals surface area contributed by atoms with E-state index in [0.717, 1.165) is 0 Å². The predicted molar refractivity (Wildman–Crippen MR) is 75.4 cm³/mol. The van der Waals surface area contributed by atoms with E-state index in [0.29, 0.717) is 25.9 Å². The first-order valence-corrected chi connectivity index (χ1v) is 7.01. The maximum atomic E-state index is 11.7. The molecule has 0 saturated carbocycles. The molecule has 0 aliphatic rings. The highest BCUT2D eigenvalue weighted by molar-refractivity contribution is 5.83. The molecule has 116 valence electrons. The van der Waals surface area contributed by atoms with Crippen LogP contribution in [0.5, 0.6) is 0 Å². The topological polar surface area (TPSA) is 98.7 Å². The van der Waals surface area contributed by atoms with Gasteiger partial charge >= 0.3 is 12.0 Å². The highest BCUT2D eigenvalue weighted by atomic mass is 16.4. The normalized spacial score (nSPS) is 11.6. The van der Waals surface area contributed by atoms with Crippen molar-refractivity contribution in [1.82, 2.24) is 15.5 Å². The molecule has 0 saturated heterocycles. The third-order valence-corrected chi connectivity index (χ3v) is 2.92. The number of aliphatic carboxylic acids is 1. The molecule has 0 heterocycles. The Morgan fingerprint density at radius 3 is 2.20 bits per heavy atom. The summed E-state index contributed by atoms with van der Waals surface area (Å²) < 4.78 is 0. The van der Waals surface area contributed by atoms with Gasteiger partial charge in [0.1, 0.15) is 6.04 Å². The molecule has 0 fully saturated rings. The number of carboxylic acids is 1. The molecule has 0 aliphatic heterocycles. The van der Waals surface area contributed by atoms with E-state index in [2.05, 4.69) is 10.6 Å².